The maximum atomic E-state index is 12.4. The number of hydrogen-bond acceptors (Lipinski definition) is 7. The van der Waals surface area contributed by atoms with Crippen LogP contribution in [0.3, 0.4) is 0 Å². The molecule has 11 heteroatoms. The van der Waals surface area contributed by atoms with Crippen LogP contribution in [0.1, 0.15) is 30.5 Å². The Morgan fingerprint density at radius 3 is 2.29 bits per heavy atom. The largest absolute Gasteiger partial charge is 0.573 e. The minimum Gasteiger partial charge on any atom is -0.406 e. The number of halogens is 4. The fraction of sp³-hybridized carbons (Fsp3) is 0.478. The molecule has 2 aliphatic rings. The van der Waals surface area contributed by atoms with Gasteiger partial charge in [-0.3, -0.25) is 0 Å². The SMILES string of the molecule is CC(C)(O)[C@]12CO[C@@](c3ccc(Cl)c(Cc4ccc(OC(F)(F)F)cc4)c3)(O1)[C@H](O)[C@@H](O)[C@@H]2O. The summed E-state index contributed by atoms with van der Waals surface area (Å²) in [4.78, 5) is 0. The van der Waals surface area contributed by atoms with Gasteiger partial charge in [0.05, 0.1) is 12.2 Å². The van der Waals surface area contributed by atoms with E-state index in [9.17, 15) is 33.6 Å². The summed E-state index contributed by atoms with van der Waals surface area (Å²) < 4.78 is 52.9. The second-order valence-corrected chi connectivity index (χ2v) is 9.47. The van der Waals surface area contributed by atoms with E-state index in [1.54, 1.807) is 6.07 Å². The average molecular weight is 505 g/mol. The van der Waals surface area contributed by atoms with Crippen molar-refractivity contribution in [3.8, 4) is 5.75 Å². The molecule has 5 atom stereocenters. The predicted molar refractivity (Wildman–Crippen MR) is 113 cm³/mol. The molecule has 2 heterocycles. The smallest absolute Gasteiger partial charge is 0.406 e. The van der Waals surface area contributed by atoms with Crippen LogP contribution in [-0.4, -0.2) is 62.9 Å². The van der Waals surface area contributed by atoms with Gasteiger partial charge in [0.2, 0.25) is 5.79 Å². The fourth-order valence-electron chi connectivity index (χ4n) is 4.44. The Hall–Kier alpha value is -1.92. The molecule has 7 nitrogen and oxygen atoms in total. The van der Waals surface area contributed by atoms with Crippen LogP contribution < -0.4 is 4.74 Å². The molecular formula is C23H24ClF3O7. The highest BCUT2D eigenvalue weighted by Crippen LogP contribution is 2.53. The van der Waals surface area contributed by atoms with E-state index >= 15 is 0 Å². The molecular weight excluding hydrogens is 481 g/mol. The van der Waals surface area contributed by atoms with E-state index in [1.807, 2.05) is 0 Å². The number of benzene rings is 2. The summed E-state index contributed by atoms with van der Waals surface area (Å²) in [7, 11) is 0. The average Bonchev–Trinajstić information content (AvgIpc) is 3.14. The maximum Gasteiger partial charge on any atom is 0.573 e. The van der Waals surface area contributed by atoms with Crippen LogP contribution in [0.2, 0.25) is 5.02 Å². The van der Waals surface area contributed by atoms with Crippen molar-refractivity contribution in [2.45, 2.75) is 61.9 Å². The third-order valence-electron chi connectivity index (χ3n) is 6.38. The molecule has 0 unspecified atom stereocenters. The van der Waals surface area contributed by atoms with Gasteiger partial charge >= 0.3 is 6.36 Å². The molecule has 2 bridgehead atoms. The highest BCUT2D eigenvalue weighted by atomic mass is 35.5. The lowest BCUT2D eigenvalue weighted by molar-refractivity contribution is -0.348. The molecule has 0 amide bonds. The highest BCUT2D eigenvalue weighted by Gasteiger charge is 2.71. The standard InChI is InChI=1S/C23H24ClF3O7/c1-20(2,31)21-11-32-22(34-21,19(30)17(28)18(21)29)14-5-8-16(24)13(10-14)9-12-3-6-15(7-4-12)33-23(25,26)27/h3-8,10,17-19,28-31H,9,11H2,1-2H3/t17-,18-,19+,21+,22-/m0/s1. The number of alkyl halides is 3. The summed E-state index contributed by atoms with van der Waals surface area (Å²) in [6, 6.07) is 9.92. The van der Waals surface area contributed by atoms with E-state index in [1.165, 1.54) is 50.2 Å². The summed E-state index contributed by atoms with van der Waals surface area (Å²) >= 11 is 6.34. The van der Waals surface area contributed by atoms with Crippen molar-refractivity contribution in [2.24, 2.45) is 0 Å². The molecule has 2 aliphatic heterocycles. The lowest BCUT2D eigenvalue weighted by atomic mass is 9.75. The van der Waals surface area contributed by atoms with Gasteiger partial charge in [-0.1, -0.05) is 29.8 Å². The lowest BCUT2D eigenvalue weighted by Gasteiger charge is -2.50. The molecule has 0 saturated carbocycles. The minimum absolute atomic E-state index is 0.215. The number of hydrogen-bond donors (Lipinski definition) is 4. The van der Waals surface area contributed by atoms with Crippen molar-refractivity contribution >= 4 is 11.6 Å². The fourth-order valence-corrected chi connectivity index (χ4v) is 4.63. The van der Waals surface area contributed by atoms with E-state index in [2.05, 4.69) is 4.74 Å². The topological polar surface area (TPSA) is 109 Å². The van der Waals surface area contributed by atoms with Crippen molar-refractivity contribution in [1.82, 2.24) is 0 Å². The van der Waals surface area contributed by atoms with Crippen LogP contribution >= 0.6 is 11.6 Å². The molecule has 0 aliphatic carbocycles. The number of aliphatic hydroxyl groups is 4. The maximum absolute atomic E-state index is 12.4. The molecule has 0 aromatic heterocycles. The zero-order valence-corrected chi connectivity index (χ0v) is 19.0. The first kappa shape index (κ1) is 25.2. The first-order valence-electron chi connectivity index (χ1n) is 10.4. The van der Waals surface area contributed by atoms with Crippen molar-refractivity contribution in [1.29, 1.82) is 0 Å². The quantitative estimate of drug-likeness (QED) is 0.496. The number of fused-ring (bicyclic) bond motifs is 2. The van der Waals surface area contributed by atoms with Crippen LogP contribution in [0.15, 0.2) is 42.5 Å². The second kappa shape index (κ2) is 8.34. The van der Waals surface area contributed by atoms with Crippen LogP contribution in [-0.2, 0) is 21.7 Å². The van der Waals surface area contributed by atoms with Gasteiger partial charge in [0.25, 0.3) is 0 Å². The molecule has 4 N–H and O–H groups in total. The monoisotopic (exact) mass is 504 g/mol. The van der Waals surface area contributed by atoms with Crippen molar-refractivity contribution in [3.05, 3.63) is 64.2 Å². The Kier molecular flexibility index (Phi) is 6.17. The van der Waals surface area contributed by atoms with Crippen LogP contribution in [0, 0.1) is 0 Å². The van der Waals surface area contributed by atoms with Gasteiger partial charge in [-0.2, -0.15) is 0 Å². The summed E-state index contributed by atoms with van der Waals surface area (Å²) in [5.41, 5.74) is -1.89. The molecule has 2 saturated heterocycles. The van der Waals surface area contributed by atoms with E-state index in [-0.39, 0.29) is 24.3 Å². The Balaban J connectivity index is 1.66. The zero-order chi connectivity index (χ0) is 25.1. The first-order valence-corrected chi connectivity index (χ1v) is 10.8. The van der Waals surface area contributed by atoms with Crippen molar-refractivity contribution < 1.29 is 47.8 Å². The molecule has 2 fully saturated rings. The normalized spacial score (nSPS) is 31.5. The third-order valence-corrected chi connectivity index (χ3v) is 6.75. The van der Waals surface area contributed by atoms with E-state index < -0.39 is 41.7 Å². The van der Waals surface area contributed by atoms with Gasteiger partial charge in [-0.15, -0.1) is 13.2 Å². The van der Waals surface area contributed by atoms with Gasteiger partial charge in [0.15, 0.2) is 5.60 Å². The Morgan fingerprint density at radius 1 is 1.06 bits per heavy atom. The summed E-state index contributed by atoms with van der Waals surface area (Å²) in [5.74, 6) is -2.24. The number of rotatable bonds is 5. The molecule has 2 aromatic rings. The summed E-state index contributed by atoms with van der Waals surface area (Å²) in [5, 5.41) is 43.0. The van der Waals surface area contributed by atoms with Gasteiger partial charge < -0.3 is 34.6 Å². The number of aliphatic hydroxyl groups excluding tert-OH is 3. The Labute approximate surface area is 198 Å². The summed E-state index contributed by atoms with van der Waals surface area (Å²) in [6.45, 7) is 2.50. The zero-order valence-electron chi connectivity index (χ0n) is 18.2. The third kappa shape index (κ3) is 4.17. The molecule has 186 valence electrons. The molecule has 34 heavy (non-hydrogen) atoms. The predicted octanol–water partition coefficient (Wildman–Crippen LogP) is 2.64. The van der Waals surface area contributed by atoms with E-state index in [0.29, 0.717) is 16.1 Å². The van der Waals surface area contributed by atoms with E-state index in [0.717, 1.165) is 0 Å². The highest BCUT2D eigenvalue weighted by molar-refractivity contribution is 6.31. The second-order valence-electron chi connectivity index (χ2n) is 9.06. The lowest BCUT2D eigenvalue weighted by Crippen LogP contribution is -2.70. The number of ether oxygens (including phenoxy) is 3. The van der Waals surface area contributed by atoms with Crippen LogP contribution in [0.25, 0.3) is 0 Å². The molecule has 4 rings (SSSR count). The van der Waals surface area contributed by atoms with Crippen LogP contribution in [0.4, 0.5) is 13.2 Å². The Morgan fingerprint density at radius 2 is 1.71 bits per heavy atom. The molecule has 0 radical (unpaired) electrons. The van der Waals surface area contributed by atoms with E-state index in [4.69, 9.17) is 21.1 Å². The first-order chi connectivity index (χ1) is 15.7. The Bertz CT molecular complexity index is 1060. The van der Waals surface area contributed by atoms with Gasteiger partial charge in [-0.05, 0) is 55.7 Å². The molecule has 0 spiro atoms. The van der Waals surface area contributed by atoms with Crippen LogP contribution in [0.5, 0.6) is 5.75 Å². The molecule has 2 aromatic carbocycles. The summed E-state index contributed by atoms with van der Waals surface area (Å²) in [6.07, 6.45) is -9.57. The minimum atomic E-state index is -4.79. The van der Waals surface area contributed by atoms with Gasteiger partial charge in [0, 0.05) is 10.6 Å². The van der Waals surface area contributed by atoms with Gasteiger partial charge in [0.1, 0.15) is 24.1 Å². The van der Waals surface area contributed by atoms with Gasteiger partial charge in [-0.25, -0.2) is 0 Å². The van der Waals surface area contributed by atoms with Crippen molar-refractivity contribution in [3.63, 3.8) is 0 Å². The van der Waals surface area contributed by atoms with Crippen molar-refractivity contribution in [2.75, 3.05) is 6.61 Å².